The van der Waals surface area contributed by atoms with Crippen LogP contribution in [0.5, 0.6) is 0 Å². The maximum Gasteiger partial charge on any atom is 0.339 e. The van der Waals surface area contributed by atoms with Gasteiger partial charge in [0.15, 0.2) is 0 Å². The zero-order valence-corrected chi connectivity index (χ0v) is 16.7. The maximum absolute atomic E-state index is 14.6. The molecular weight excluding hydrogens is 411 g/mol. The minimum Gasteiger partial charge on any atom is -0.462 e. The minimum atomic E-state index is -0.855. The fourth-order valence-corrected chi connectivity index (χ4v) is 3.92. The van der Waals surface area contributed by atoms with Gasteiger partial charge in [-0.05, 0) is 49.9 Å². The third kappa shape index (κ3) is 3.73. The lowest BCUT2D eigenvalue weighted by molar-refractivity contribution is -0.120. The molecule has 30 heavy (non-hydrogen) atoms. The molecule has 0 atom stereocenters. The van der Waals surface area contributed by atoms with Crippen LogP contribution < -0.4 is 4.90 Å². The molecule has 0 radical (unpaired) electrons. The third-order valence-electron chi connectivity index (χ3n) is 5.21. The molecule has 2 aromatic rings. The number of pyridine rings is 1. The number of halogens is 2. The Kier molecular flexibility index (Phi) is 5.63. The minimum absolute atomic E-state index is 0.0519. The van der Waals surface area contributed by atoms with Gasteiger partial charge in [0.05, 0.1) is 22.9 Å². The summed E-state index contributed by atoms with van der Waals surface area (Å²) in [6, 6.07) is 7.43. The van der Waals surface area contributed by atoms with E-state index in [1.165, 1.54) is 0 Å². The van der Waals surface area contributed by atoms with Gasteiger partial charge < -0.3 is 4.74 Å². The Hall–Kier alpha value is -3.06. The maximum atomic E-state index is 14.6. The van der Waals surface area contributed by atoms with E-state index in [0.717, 1.165) is 35.6 Å². The molecule has 1 aliphatic heterocycles. The van der Waals surface area contributed by atoms with E-state index in [1.807, 2.05) is 6.07 Å². The summed E-state index contributed by atoms with van der Waals surface area (Å²) in [6.07, 6.45) is 4.64. The molecule has 154 valence electrons. The fraction of sp³-hybridized carbons (Fsp3) is 0.273. The largest absolute Gasteiger partial charge is 0.462 e. The van der Waals surface area contributed by atoms with E-state index >= 15 is 0 Å². The molecule has 2 heterocycles. The number of hydrogen-bond donors (Lipinski definition) is 0. The summed E-state index contributed by atoms with van der Waals surface area (Å²) < 4.78 is 19.9. The molecule has 2 aliphatic rings. The molecule has 6 nitrogen and oxygen atoms in total. The van der Waals surface area contributed by atoms with Crippen LogP contribution in [0.4, 0.5) is 10.1 Å². The predicted octanol–water partition coefficient (Wildman–Crippen LogP) is 4.02. The molecule has 0 saturated carbocycles. The van der Waals surface area contributed by atoms with Crippen LogP contribution in [-0.4, -0.2) is 29.4 Å². The van der Waals surface area contributed by atoms with Crippen molar-refractivity contribution in [2.75, 3.05) is 11.5 Å². The summed E-state index contributed by atoms with van der Waals surface area (Å²) in [5.41, 5.74) is 1.21. The molecule has 2 amide bonds. The van der Waals surface area contributed by atoms with Crippen molar-refractivity contribution in [3.63, 3.8) is 0 Å². The second-order valence-electron chi connectivity index (χ2n) is 7.10. The number of aromatic nitrogens is 1. The number of carbonyl (C=O) groups excluding carboxylic acids is 3. The Balaban J connectivity index is 1.55. The monoisotopic (exact) mass is 428 g/mol. The first-order chi connectivity index (χ1) is 14.5. The zero-order chi connectivity index (χ0) is 21.3. The van der Waals surface area contributed by atoms with Gasteiger partial charge in [-0.25, -0.2) is 14.1 Å². The van der Waals surface area contributed by atoms with Crippen LogP contribution in [-0.2, 0) is 20.7 Å². The van der Waals surface area contributed by atoms with Gasteiger partial charge in [-0.15, -0.1) is 0 Å². The number of hydrogen-bond acceptors (Lipinski definition) is 5. The summed E-state index contributed by atoms with van der Waals surface area (Å²) in [6.45, 7) is 0.0519. The Morgan fingerprint density at radius 3 is 2.47 bits per heavy atom. The average molecular weight is 429 g/mol. The topological polar surface area (TPSA) is 76.6 Å². The molecule has 1 aliphatic carbocycles. The summed E-state index contributed by atoms with van der Waals surface area (Å²) in [5, 5.41) is -0.157. The molecule has 0 bridgehead atoms. The number of imide groups is 1. The van der Waals surface area contributed by atoms with Crippen LogP contribution in [0.1, 0.15) is 41.7 Å². The van der Waals surface area contributed by atoms with Gasteiger partial charge in [-0.2, -0.15) is 0 Å². The molecule has 0 N–H and O–H groups in total. The average Bonchev–Trinajstić information content (AvgIpc) is 3.00. The van der Waals surface area contributed by atoms with Crippen LogP contribution in [0, 0.1) is 5.82 Å². The van der Waals surface area contributed by atoms with Crippen molar-refractivity contribution in [3.8, 4) is 0 Å². The Morgan fingerprint density at radius 1 is 1.13 bits per heavy atom. The molecule has 1 aromatic heterocycles. The van der Waals surface area contributed by atoms with Gasteiger partial charge in [-0.3, -0.25) is 14.6 Å². The normalized spacial score (nSPS) is 16.1. The van der Waals surface area contributed by atoms with Crippen molar-refractivity contribution in [1.29, 1.82) is 0 Å². The molecule has 4 rings (SSSR count). The van der Waals surface area contributed by atoms with E-state index in [4.69, 9.17) is 16.3 Å². The van der Waals surface area contributed by atoms with Crippen LogP contribution in [0.2, 0.25) is 5.02 Å². The van der Waals surface area contributed by atoms with E-state index in [9.17, 15) is 18.8 Å². The molecule has 0 unspecified atom stereocenters. The van der Waals surface area contributed by atoms with E-state index < -0.39 is 23.6 Å². The number of carbonyl (C=O) groups is 3. The van der Waals surface area contributed by atoms with E-state index in [0.29, 0.717) is 30.4 Å². The first kappa shape index (κ1) is 20.2. The van der Waals surface area contributed by atoms with Crippen LogP contribution in [0.15, 0.2) is 47.7 Å². The standard InChI is InChI=1S/C22H18ClFN2O4/c23-17-12-18(24)19(26-20(27)14-6-1-2-7-15(14)21(26)28)11-16(17)22(29)30-10-8-13-5-3-4-9-25-13/h3-5,9,11-12H,1-2,6-8,10H2. The zero-order valence-electron chi connectivity index (χ0n) is 16.0. The number of esters is 1. The van der Waals surface area contributed by atoms with Crippen molar-refractivity contribution < 1.29 is 23.5 Å². The second-order valence-corrected chi connectivity index (χ2v) is 7.51. The summed E-state index contributed by atoms with van der Waals surface area (Å²) in [7, 11) is 0. The number of rotatable bonds is 5. The fourth-order valence-electron chi connectivity index (χ4n) is 3.70. The second kappa shape index (κ2) is 8.36. The number of amides is 2. The molecular formula is C22H18ClFN2O4. The smallest absolute Gasteiger partial charge is 0.339 e. The number of benzene rings is 1. The van der Waals surface area contributed by atoms with Crippen molar-refractivity contribution >= 4 is 35.1 Å². The first-order valence-corrected chi connectivity index (χ1v) is 10.0. The highest BCUT2D eigenvalue weighted by molar-refractivity contribution is 6.35. The highest BCUT2D eigenvalue weighted by Gasteiger charge is 2.41. The van der Waals surface area contributed by atoms with Crippen LogP contribution in [0.25, 0.3) is 0 Å². The Bertz CT molecular complexity index is 1040. The number of anilines is 1. The van der Waals surface area contributed by atoms with Gasteiger partial charge in [0.1, 0.15) is 5.82 Å². The molecule has 1 aromatic carbocycles. The lowest BCUT2D eigenvalue weighted by Crippen LogP contribution is -2.32. The predicted molar refractivity (Wildman–Crippen MR) is 108 cm³/mol. The number of ether oxygens (including phenoxy) is 1. The van der Waals surface area contributed by atoms with E-state index in [1.54, 1.807) is 18.3 Å². The molecule has 0 saturated heterocycles. The Morgan fingerprint density at radius 2 is 1.83 bits per heavy atom. The van der Waals surface area contributed by atoms with Gasteiger partial charge in [-0.1, -0.05) is 17.7 Å². The lowest BCUT2D eigenvalue weighted by Gasteiger charge is -2.17. The summed E-state index contributed by atoms with van der Waals surface area (Å²) in [4.78, 5) is 42.9. The van der Waals surface area contributed by atoms with Crippen molar-refractivity contribution in [1.82, 2.24) is 4.98 Å². The van der Waals surface area contributed by atoms with Crippen molar-refractivity contribution in [2.45, 2.75) is 32.1 Å². The SMILES string of the molecule is O=C(OCCc1ccccn1)c1cc(N2C(=O)C3=C(CCCC3)C2=O)c(F)cc1Cl. The van der Waals surface area contributed by atoms with Gasteiger partial charge >= 0.3 is 5.97 Å². The quantitative estimate of drug-likeness (QED) is 0.531. The summed E-state index contributed by atoms with van der Waals surface area (Å²) >= 11 is 6.04. The third-order valence-corrected chi connectivity index (χ3v) is 5.52. The summed E-state index contributed by atoms with van der Waals surface area (Å²) in [5.74, 6) is -2.70. The van der Waals surface area contributed by atoms with Gasteiger partial charge in [0, 0.05) is 29.5 Å². The number of nitrogens with zero attached hydrogens (tertiary/aromatic N) is 2. The molecule has 0 fully saturated rings. The molecule has 8 heteroatoms. The lowest BCUT2D eigenvalue weighted by atomic mass is 9.93. The highest BCUT2D eigenvalue weighted by Crippen LogP contribution is 2.37. The van der Waals surface area contributed by atoms with Crippen molar-refractivity contribution in [2.24, 2.45) is 0 Å². The van der Waals surface area contributed by atoms with Crippen LogP contribution >= 0.6 is 11.6 Å². The van der Waals surface area contributed by atoms with Gasteiger partial charge in [0.2, 0.25) is 0 Å². The van der Waals surface area contributed by atoms with Gasteiger partial charge in [0.25, 0.3) is 11.8 Å². The van der Waals surface area contributed by atoms with Crippen molar-refractivity contribution in [3.05, 3.63) is 69.8 Å². The first-order valence-electron chi connectivity index (χ1n) is 9.64. The van der Waals surface area contributed by atoms with Crippen LogP contribution in [0.3, 0.4) is 0 Å². The Labute approximate surface area is 177 Å². The van der Waals surface area contributed by atoms with E-state index in [-0.39, 0.29) is 22.9 Å². The molecule has 0 spiro atoms. The highest BCUT2D eigenvalue weighted by atomic mass is 35.5. The van der Waals surface area contributed by atoms with E-state index in [2.05, 4.69) is 4.98 Å².